The van der Waals surface area contributed by atoms with Crippen LogP contribution < -0.4 is 5.32 Å². The minimum atomic E-state index is -0.118. The van der Waals surface area contributed by atoms with Crippen LogP contribution in [0.5, 0.6) is 0 Å². The summed E-state index contributed by atoms with van der Waals surface area (Å²) in [5.74, 6) is 1.97. The van der Waals surface area contributed by atoms with Crippen LogP contribution in [0.25, 0.3) is 0 Å². The molecule has 0 spiro atoms. The molecular formula is C19H22ClNOS2. The molecule has 0 unspecified atom stereocenters. The van der Waals surface area contributed by atoms with E-state index in [0.29, 0.717) is 11.6 Å². The Kier molecular flexibility index (Phi) is 8.03. The number of carbonyl (C=O) groups excluding carboxylic acids is 1. The van der Waals surface area contributed by atoms with Crippen molar-refractivity contribution in [3.05, 3.63) is 64.7 Å². The third-order valence-corrected chi connectivity index (χ3v) is 5.79. The van der Waals surface area contributed by atoms with Gasteiger partial charge in [-0.25, -0.2) is 0 Å². The fraction of sp³-hybridized carbons (Fsp3) is 0.316. The summed E-state index contributed by atoms with van der Waals surface area (Å²) in [4.78, 5) is 13.2. The number of amides is 1. The molecule has 0 aliphatic carbocycles. The van der Waals surface area contributed by atoms with Crippen LogP contribution in [0.2, 0.25) is 5.02 Å². The summed E-state index contributed by atoms with van der Waals surface area (Å²) in [5.41, 5.74) is 2.62. The van der Waals surface area contributed by atoms with Gasteiger partial charge >= 0.3 is 0 Å². The normalized spacial score (nSPS) is 12.0. The van der Waals surface area contributed by atoms with Crippen molar-refractivity contribution in [3.63, 3.8) is 0 Å². The second kappa shape index (κ2) is 10.0. The van der Waals surface area contributed by atoms with Crippen LogP contribution in [0, 0.1) is 6.92 Å². The van der Waals surface area contributed by atoms with E-state index in [4.69, 9.17) is 11.6 Å². The topological polar surface area (TPSA) is 29.1 Å². The van der Waals surface area contributed by atoms with Gasteiger partial charge in [0.2, 0.25) is 5.91 Å². The minimum absolute atomic E-state index is 0.0751. The molecule has 2 nitrogen and oxygen atoms in total. The molecule has 1 N–H and O–H groups in total. The first kappa shape index (κ1) is 19.2. The quantitative estimate of drug-likeness (QED) is 0.506. The predicted octanol–water partition coefficient (Wildman–Crippen LogP) is 5.18. The van der Waals surface area contributed by atoms with Crippen LogP contribution in [0.1, 0.15) is 18.1 Å². The number of halogens is 1. The van der Waals surface area contributed by atoms with Crippen molar-refractivity contribution in [2.75, 3.05) is 12.3 Å². The van der Waals surface area contributed by atoms with Gasteiger partial charge in [-0.2, -0.15) is 11.8 Å². The Labute approximate surface area is 157 Å². The third-order valence-electron chi connectivity index (χ3n) is 3.39. The van der Waals surface area contributed by atoms with Crippen LogP contribution in [0.4, 0.5) is 0 Å². The highest BCUT2D eigenvalue weighted by Crippen LogP contribution is 2.24. The molecule has 1 amide bonds. The van der Waals surface area contributed by atoms with Gasteiger partial charge in [-0.05, 0) is 43.7 Å². The highest BCUT2D eigenvalue weighted by Gasteiger charge is 2.13. The summed E-state index contributed by atoms with van der Waals surface area (Å²) in [7, 11) is 0. The van der Waals surface area contributed by atoms with E-state index in [9.17, 15) is 4.79 Å². The first-order valence-corrected chi connectivity index (χ1v) is 10.3. The van der Waals surface area contributed by atoms with E-state index in [1.165, 1.54) is 11.1 Å². The predicted molar refractivity (Wildman–Crippen MR) is 107 cm³/mol. The maximum Gasteiger partial charge on any atom is 0.233 e. The minimum Gasteiger partial charge on any atom is -0.354 e. The molecule has 0 aromatic heterocycles. The number of aryl methyl sites for hydroxylation is 1. The van der Waals surface area contributed by atoms with Crippen molar-refractivity contribution in [3.8, 4) is 0 Å². The summed E-state index contributed by atoms with van der Waals surface area (Å²) in [6, 6.07) is 16.1. The molecule has 5 heteroatoms. The molecule has 0 heterocycles. The number of thioether (sulfide) groups is 2. The van der Waals surface area contributed by atoms with E-state index in [2.05, 4.69) is 36.5 Å². The number of hydrogen-bond acceptors (Lipinski definition) is 3. The highest BCUT2D eigenvalue weighted by atomic mass is 35.5. The van der Waals surface area contributed by atoms with Gasteiger partial charge in [0, 0.05) is 28.0 Å². The van der Waals surface area contributed by atoms with E-state index < -0.39 is 0 Å². The maximum atomic E-state index is 12.1. The van der Waals surface area contributed by atoms with Crippen LogP contribution >= 0.6 is 35.1 Å². The SMILES string of the molecule is Cc1cccc(CSCCNC(=O)[C@@H](C)Sc2ccc(Cl)cc2)c1. The van der Waals surface area contributed by atoms with Crippen molar-refractivity contribution < 1.29 is 4.79 Å². The zero-order valence-electron chi connectivity index (χ0n) is 13.9. The summed E-state index contributed by atoms with van der Waals surface area (Å²) >= 11 is 9.25. The molecule has 2 rings (SSSR count). The van der Waals surface area contributed by atoms with E-state index in [1.807, 2.05) is 43.0 Å². The Hall–Kier alpha value is -1.10. The average Bonchev–Trinajstić information content (AvgIpc) is 2.56. The highest BCUT2D eigenvalue weighted by molar-refractivity contribution is 8.00. The van der Waals surface area contributed by atoms with Gasteiger partial charge in [-0.1, -0.05) is 41.4 Å². The van der Waals surface area contributed by atoms with Gasteiger partial charge in [0.25, 0.3) is 0 Å². The van der Waals surface area contributed by atoms with Gasteiger partial charge in [-0.15, -0.1) is 11.8 Å². The lowest BCUT2D eigenvalue weighted by Gasteiger charge is -2.12. The molecular weight excluding hydrogens is 358 g/mol. The van der Waals surface area contributed by atoms with E-state index in [-0.39, 0.29) is 11.2 Å². The molecule has 0 bridgehead atoms. The first-order valence-electron chi connectivity index (χ1n) is 7.88. The summed E-state index contributed by atoms with van der Waals surface area (Å²) in [5, 5.41) is 3.60. The van der Waals surface area contributed by atoms with E-state index in [1.54, 1.807) is 11.8 Å². The monoisotopic (exact) mass is 379 g/mol. The van der Waals surface area contributed by atoms with Crippen molar-refractivity contribution in [1.82, 2.24) is 5.32 Å². The van der Waals surface area contributed by atoms with Crippen molar-refractivity contribution >= 4 is 41.0 Å². The number of benzene rings is 2. The Morgan fingerprint density at radius 3 is 2.67 bits per heavy atom. The Morgan fingerprint density at radius 1 is 1.21 bits per heavy atom. The Bertz CT molecular complexity index is 661. The molecule has 128 valence electrons. The standard InChI is InChI=1S/C19H22ClNOS2/c1-14-4-3-5-16(12-14)13-23-11-10-21-19(22)15(2)24-18-8-6-17(20)7-9-18/h3-9,12,15H,10-11,13H2,1-2H3,(H,21,22)/t15-/m1/s1. The fourth-order valence-electron chi connectivity index (χ4n) is 2.15. The lowest BCUT2D eigenvalue weighted by molar-refractivity contribution is -0.120. The van der Waals surface area contributed by atoms with Gasteiger partial charge in [0.1, 0.15) is 0 Å². The summed E-state index contributed by atoms with van der Waals surface area (Å²) < 4.78 is 0. The molecule has 0 saturated carbocycles. The van der Waals surface area contributed by atoms with E-state index >= 15 is 0 Å². The average molecular weight is 380 g/mol. The smallest absolute Gasteiger partial charge is 0.233 e. The van der Waals surface area contributed by atoms with E-state index in [0.717, 1.165) is 16.4 Å². The molecule has 0 aliphatic rings. The van der Waals surface area contributed by atoms with Gasteiger partial charge in [-0.3, -0.25) is 4.79 Å². The lowest BCUT2D eigenvalue weighted by Crippen LogP contribution is -2.32. The molecule has 2 aromatic rings. The van der Waals surface area contributed by atoms with Crippen LogP contribution in [0.3, 0.4) is 0 Å². The molecule has 0 fully saturated rings. The number of nitrogens with one attached hydrogen (secondary N) is 1. The maximum absolute atomic E-state index is 12.1. The molecule has 0 aliphatic heterocycles. The van der Waals surface area contributed by atoms with Gasteiger partial charge in [0.15, 0.2) is 0 Å². The number of hydrogen-bond donors (Lipinski definition) is 1. The zero-order valence-corrected chi connectivity index (χ0v) is 16.3. The van der Waals surface area contributed by atoms with Crippen LogP contribution in [-0.4, -0.2) is 23.5 Å². The number of rotatable bonds is 8. The molecule has 0 saturated heterocycles. The zero-order chi connectivity index (χ0) is 17.4. The largest absolute Gasteiger partial charge is 0.354 e. The van der Waals surface area contributed by atoms with Crippen molar-refractivity contribution in [1.29, 1.82) is 0 Å². The fourth-order valence-corrected chi connectivity index (χ4v) is 3.98. The molecule has 2 aromatic carbocycles. The molecule has 24 heavy (non-hydrogen) atoms. The molecule has 1 atom stereocenters. The van der Waals surface area contributed by atoms with Crippen molar-refractivity contribution in [2.45, 2.75) is 29.7 Å². The van der Waals surface area contributed by atoms with Gasteiger partial charge < -0.3 is 5.32 Å². The van der Waals surface area contributed by atoms with Gasteiger partial charge in [0.05, 0.1) is 5.25 Å². The first-order chi connectivity index (χ1) is 11.5. The summed E-state index contributed by atoms with van der Waals surface area (Å²) in [6.45, 7) is 4.73. The second-order valence-corrected chi connectivity index (χ2v) is 8.50. The lowest BCUT2D eigenvalue weighted by atomic mass is 10.2. The third kappa shape index (κ3) is 6.80. The molecule has 0 radical (unpaired) electrons. The Morgan fingerprint density at radius 2 is 1.96 bits per heavy atom. The van der Waals surface area contributed by atoms with Crippen molar-refractivity contribution in [2.24, 2.45) is 0 Å². The van der Waals surface area contributed by atoms with Crippen LogP contribution in [0.15, 0.2) is 53.4 Å². The number of carbonyl (C=O) groups is 1. The Balaban J connectivity index is 1.64. The van der Waals surface area contributed by atoms with Crippen LogP contribution in [-0.2, 0) is 10.5 Å². The summed E-state index contributed by atoms with van der Waals surface area (Å²) in [6.07, 6.45) is 0. The second-order valence-electron chi connectivity index (χ2n) is 5.55.